The van der Waals surface area contributed by atoms with Gasteiger partial charge in [0.25, 0.3) is 5.91 Å². The number of H-pyrrole nitrogens is 2. The van der Waals surface area contributed by atoms with Gasteiger partial charge in [0.2, 0.25) is 0 Å². The number of aromatic amines is 2. The quantitative estimate of drug-likeness (QED) is 0.564. The van der Waals surface area contributed by atoms with Crippen LogP contribution in [0.2, 0.25) is 0 Å². The van der Waals surface area contributed by atoms with Crippen molar-refractivity contribution in [1.82, 2.24) is 24.8 Å². The van der Waals surface area contributed by atoms with Gasteiger partial charge in [0.05, 0.1) is 23.9 Å². The second-order valence-electron chi connectivity index (χ2n) is 6.91. The highest BCUT2D eigenvalue weighted by Crippen LogP contribution is 2.31. The van der Waals surface area contributed by atoms with Gasteiger partial charge >= 0.3 is 0 Å². The number of nitrogens with zero attached hydrogens (tertiary/aromatic N) is 3. The van der Waals surface area contributed by atoms with Gasteiger partial charge < -0.3 is 19.6 Å². The molecule has 0 radical (unpaired) electrons. The number of nitrogens with one attached hydrogen (secondary N) is 2. The molecule has 0 saturated heterocycles. The van der Waals surface area contributed by atoms with Crippen LogP contribution in [-0.2, 0) is 6.54 Å². The van der Waals surface area contributed by atoms with E-state index >= 15 is 0 Å². The zero-order valence-electron chi connectivity index (χ0n) is 15.4. The Morgan fingerprint density at radius 1 is 1.18 bits per heavy atom. The third-order valence-corrected chi connectivity index (χ3v) is 4.98. The summed E-state index contributed by atoms with van der Waals surface area (Å²) < 4.78 is 5.87. The van der Waals surface area contributed by atoms with Crippen molar-refractivity contribution in [3.05, 3.63) is 66.0 Å². The van der Waals surface area contributed by atoms with Gasteiger partial charge in [-0.1, -0.05) is 12.1 Å². The van der Waals surface area contributed by atoms with Crippen LogP contribution in [0, 0.1) is 6.92 Å². The molecule has 2 aromatic heterocycles. The minimum Gasteiger partial charge on any atom is -0.491 e. The molecule has 2 aromatic carbocycles. The summed E-state index contributed by atoms with van der Waals surface area (Å²) >= 11 is 0. The fraction of sp³-hybridized carbons (Fsp3) is 0.190. The van der Waals surface area contributed by atoms with E-state index in [0.29, 0.717) is 25.4 Å². The third-order valence-electron chi connectivity index (χ3n) is 4.98. The number of hydrogen-bond donors (Lipinski definition) is 2. The largest absolute Gasteiger partial charge is 0.491 e. The van der Waals surface area contributed by atoms with E-state index in [1.807, 2.05) is 19.1 Å². The zero-order chi connectivity index (χ0) is 19.1. The number of aryl methyl sites for hydroxylation is 1. The summed E-state index contributed by atoms with van der Waals surface area (Å²) in [6, 6.07) is 12.3. The van der Waals surface area contributed by atoms with Gasteiger partial charge in [0.15, 0.2) is 0 Å². The average molecular weight is 373 g/mol. The normalized spacial score (nSPS) is 13.8. The standard InChI is InChI=1S/C21H19N5O2/c1-13-24-17-4-2-15(9-18(17)25-13)14-3-5-20-16(8-14)11-26(6-7-28-20)21(27)19-10-22-12-23-19/h2-5,8-10,12H,6-7,11H2,1H3,(H,22,23)(H,24,25). The molecule has 0 unspecified atom stereocenters. The van der Waals surface area contributed by atoms with E-state index < -0.39 is 0 Å². The highest BCUT2D eigenvalue weighted by molar-refractivity contribution is 5.92. The van der Waals surface area contributed by atoms with E-state index in [9.17, 15) is 4.79 Å². The second-order valence-corrected chi connectivity index (χ2v) is 6.91. The molecule has 0 spiro atoms. The maximum Gasteiger partial charge on any atom is 0.274 e. The third kappa shape index (κ3) is 2.90. The van der Waals surface area contributed by atoms with Gasteiger partial charge in [-0.3, -0.25) is 4.79 Å². The van der Waals surface area contributed by atoms with Crippen LogP contribution in [0.15, 0.2) is 48.9 Å². The first kappa shape index (κ1) is 16.6. The number of ether oxygens (including phenoxy) is 1. The molecule has 7 nitrogen and oxygen atoms in total. The Morgan fingerprint density at radius 2 is 2.04 bits per heavy atom. The van der Waals surface area contributed by atoms with Crippen LogP contribution in [0.25, 0.3) is 22.2 Å². The molecule has 0 atom stereocenters. The number of carbonyl (C=O) groups is 1. The summed E-state index contributed by atoms with van der Waals surface area (Å²) in [5.74, 6) is 1.62. The molecule has 28 heavy (non-hydrogen) atoms. The minimum absolute atomic E-state index is 0.0996. The molecule has 1 aliphatic rings. The molecule has 1 aliphatic heterocycles. The van der Waals surface area contributed by atoms with Crippen LogP contribution >= 0.6 is 0 Å². The molecule has 0 fully saturated rings. The molecule has 140 valence electrons. The first-order valence-electron chi connectivity index (χ1n) is 9.18. The van der Waals surface area contributed by atoms with Crippen molar-refractivity contribution in [3.8, 4) is 16.9 Å². The van der Waals surface area contributed by atoms with E-state index in [2.05, 4.69) is 44.2 Å². The van der Waals surface area contributed by atoms with E-state index in [4.69, 9.17) is 4.74 Å². The lowest BCUT2D eigenvalue weighted by molar-refractivity contribution is 0.0728. The molecule has 7 heteroatoms. The number of carbonyl (C=O) groups excluding carboxylic acids is 1. The van der Waals surface area contributed by atoms with Crippen molar-refractivity contribution >= 4 is 16.9 Å². The first-order chi connectivity index (χ1) is 13.7. The molecular formula is C21H19N5O2. The van der Waals surface area contributed by atoms with Crippen LogP contribution in [0.3, 0.4) is 0 Å². The minimum atomic E-state index is -0.0996. The van der Waals surface area contributed by atoms with Gasteiger partial charge in [-0.25, -0.2) is 9.97 Å². The maximum atomic E-state index is 12.7. The second kappa shape index (κ2) is 6.53. The number of fused-ring (bicyclic) bond motifs is 2. The Balaban J connectivity index is 1.49. The number of benzene rings is 2. The van der Waals surface area contributed by atoms with Gasteiger partial charge in [-0.2, -0.15) is 0 Å². The van der Waals surface area contributed by atoms with Crippen LogP contribution in [0.5, 0.6) is 5.75 Å². The molecule has 4 aromatic rings. The van der Waals surface area contributed by atoms with E-state index in [1.54, 1.807) is 11.1 Å². The molecule has 3 heterocycles. The predicted molar refractivity (Wildman–Crippen MR) is 105 cm³/mol. The van der Waals surface area contributed by atoms with Crippen molar-refractivity contribution in [1.29, 1.82) is 0 Å². The fourth-order valence-corrected chi connectivity index (χ4v) is 3.60. The topological polar surface area (TPSA) is 86.9 Å². The highest BCUT2D eigenvalue weighted by Gasteiger charge is 2.22. The van der Waals surface area contributed by atoms with Crippen LogP contribution in [0.4, 0.5) is 0 Å². The summed E-state index contributed by atoms with van der Waals surface area (Å²) in [5, 5.41) is 0. The summed E-state index contributed by atoms with van der Waals surface area (Å²) in [7, 11) is 0. The lowest BCUT2D eigenvalue weighted by Crippen LogP contribution is -2.32. The smallest absolute Gasteiger partial charge is 0.274 e. The van der Waals surface area contributed by atoms with Crippen LogP contribution in [0.1, 0.15) is 21.9 Å². The van der Waals surface area contributed by atoms with Gasteiger partial charge in [-0.05, 0) is 42.3 Å². The fourth-order valence-electron chi connectivity index (χ4n) is 3.60. The van der Waals surface area contributed by atoms with Crippen molar-refractivity contribution in [2.75, 3.05) is 13.2 Å². The summed E-state index contributed by atoms with van der Waals surface area (Å²) in [5.41, 5.74) is 5.53. The van der Waals surface area contributed by atoms with Crippen molar-refractivity contribution < 1.29 is 9.53 Å². The van der Waals surface area contributed by atoms with Crippen molar-refractivity contribution in [3.63, 3.8) is 0 Å². The van der Waals surface area contributed by atoms with E-state index in [1.165, 1.54) is 6.33 Å². The van der Waals surface area contributed by atoms with E-state index in [0.717, 1.165) is 39.3 Å². The van der Waals surface area contributed by atoms with E-state index in [-0.39, 0.29) is 5.91 Å². The Hall–Kier alpha value is -3.61. The lowest BCUT2D eigenvalue weighted by atomic mass is 10.0. The van der Waals surface area contributed by atoms with Crippen LogP contribution < -0.4 is 4.74 Å². The molecule has 0 bridgehead atoms. The van der Waals surface area contributed by atoms with Crippen molar-refractivity contribution in [2.24, 2.45) is 0 Å². The molecular weight excluding hydrogens is 354 g/mol. The SMILES string of the molecule is Cc1nc2ccc(-c3ccc4c(c3)CN(C(=O)c3c[nH]cn3)CCO4)cc2[nH]1. The highest BCUT2D eigenvalue weighted by atomic mass is 16.5. The number of amides is 1. The Bertz CT molecular complexity index is 1160. The molecule has 5 rings (SSSR count). The number of rotatable bonds is 2. The molecule has 0 saturated carbocycles. The lowest BCUT2D eigenvalue weighted by Gasteiger charge is -2.18. The van der Waals surface area contributed by atoms with Gasteiger partial charge in [-0.15, -0.1) is 0 Å². The number of aromatic nitrogens is 4. The zero-order valence-corrected chi connectivity index (χ0v) is 15.4. The predicted octanol–water partition coefficient (Wildman–Crippen LogP) is 3.30. The Labute approximate surface area is 161 Å². The summed E-state index contributed by atoms with van der Waals surface area (Å²) in [6.45, 7) is 3.42. The molecule has 0 aliphatic carbocycles. The Morgan fingerprint density at radius 3 is 2.89 bits per heavy atom. The average Bonchev–Trinajstić information content (AvgIpc) is 3.30. The molecule has 2 N–H and O–H groups in total. The maximum absolute atomic E-state index is 12.7. The van der Waals surface area contributed by atoms with Gasteiger partial charge in [0, 0.05) is 18.3 Å². The van der Waals surface area contributed by atoms with Gasteiger partial charge in [0.1, 0.15) is 23.9 Å². The number of imidazole rings is 2. The summed E-state index contributed by atoms with van der Waals surface area (Å²) in [6.07, 6.45) is 3.13. The van der Waals surface area contributed by atoms with Crippen LogP contribution in [-0.4, -0.2) is 43.9 Å². The Kier molecular flexibility index (Phi) is 3.86. The summed E-state index contributed by atoms with van der Waals surface area (Å²) in [4.78, 5) is 29.1. The van der Waals surface area contributed by atoms with Crippen molar-refractivity contribution in [2.45, 2.75) is 13.5 Å². The first-order valence-corrected chi connectivity index (χ1v) is 9.18. The molecule has 1 amide bonds. The number of hydrogen-bond acceptors (Lipinski definition) is 4. The monoisotopic (exact) mass is 373 g/mol.